The van der Waals surface area contributed by atoms with E-state index in [9.17, 15) is 14.7 Å². The average Bonchev–Trinajstić information content (AvgIpc) is 2.18. The molecule has 1 aliphatic heterocycles. The van der Waals surface area contributed by atoms with E-state index in [0.29, 0.717) is 19.5 Å². The van der Waals surface area contributed by atoms with Crippen LogP contribution in [0, 0.1) is 5.92 Å². The van der Waals surface area contributed by atoms with Gasteiger partial charge in [0, 0.05) is 19.5 Å². The fourth-order valence-electron chi connectivity index (χ4n) is 1.73. The van der Waals surface area contributed by atoms with Gasteiger partial charge in [0.05, 0.1) is 12.5 Å². The molecule has 1 aliphatic rings. The summed E-state index contributed by atoms with van der Waals surface area (Å²) in [4.78, 5) is 23.5. The Hall–Kier alpha value is -1.10. The molecule has 0 unspecified atom stereocenters. The van der Waals surface area contributed by atoms with Gasteiger partial charge in [-0.25, -0.2) is 0 Å². The van der Waals surface area contributed by atoms with Crippen LogP contribution in [0.4, 0.5) is 0 Å². The average molecular weight is 215 g/mol. The van der Waals surface area contributed by atoms with E-state index in [1.54, 1.807) is 4.90 Å². The summed E-state index contributed by atoms with van der Waals surface area (Å²) in [6.45, 7) is 2.95. The molecule has 1 rings (SSSR count). The fraction of sp³-hybridized carbons (Fsp3) is 0.800. The normalized spacial score (nSPS) is 26.4. The molecule has 15 heavy (non-hydrogen) atoms. The van der Waals surface area contributed by atoms with Crippen LogP contribution >= 0.6 is 0 Å². The lowest BCUT2D eigenvalue weighted by atomic mass is 9.96. The molecule has 0 aromatic rings. The first-order chi connectivity index (χ1) is 7.00. The van der Waals surface area contributed by atoms with E-state index in [2.05, 4.69) is 0 Å². The third kappa shape index (κ3) is 3.51. The molecular formula is C10H17NO4. The van der Waals surface area contributed by atoms with Crippen molar-refractivity contribution in [2.45, 2.75) is 32.3 Å². The number of carboxylic acid groups (broad SMARTS) is 1. The van der Waals surface area contributed by atoms with E-state index in [-0.39, 0.29) is 30.8 Å². The topological polar surface area (TPSA) is 77.8 Å². The molecular weight excluding hydrogens is 198 g/mol. The second kappa shape index (κ2) is 5.11. The summed E-state index contributed by atoms with van der Waals surface area (Å²) >= 11 is 0. The number of aliphatic hydroxyl groups excluding tert-OH is 1. The van der Waals surface area contributed by atoms with Crippen LogP contribution in [0.15, 0.2) is 0 Å². The number of carbonyl (C=O) groups excluding carboxylic acids is 1. The largest absolute Gasteiger partial charge is 0.481 e. The zero-order valence-electron chi connectivity index (χ0n) is 8.85. The van der Waals surface area contributed by atoms with Gasteiger partial charge in [0.25, 0.3) is 0 Å². The monoisotopic (exact) mass is 215 g/mol. The van der Waals surface area contributed by atoms with Crippen LogP contribution in [-0.2, 0) is 9.59 Å². The van der Waals surface area contributed by atoms with Gasteiger partial charge < -0.3 is 15.1 Å². The van der Waals surface area contributed by atoms with Crippen LogP contribution in [-0.4, -0.2) is 46.2 Å². The van der Waals surface area contributed by atoms with E-state index >= 15 is 0 Å². The summed E-state index contributed by atoms with van der Waals surface area (Å²) in [5, 5.41) is 17.9. The summed E-state index contributed by atoms with van der Waals surface area (Å²) in [7, 11) is 0. The van der Waals surface area contributed by atoms with Crippen molar-refractivity contribution in [3.05, 3.63) is 0 Å². The van der Waals surface area contributed by atoms with E-state index in [0.717, 1.165) is 0 Å². The SMILES string of the molecule is C[C@@H]1CN(C(=O)CCC(=O)O)CC[C@H]1O. The molecule has 1 amide bonds. The molecule has 0 aromatic carbocycles. The van der Waals surface area contributed by atoms with Gasteiger partial charge in [-0.05, 0) is 12.3 Å². The van der Waals surface area contributed by atoms with Gasteiger partial charge in [-0.15, -0.1) is 0 Å². The maximum Gasteiger partial charge on any atom is 0.303 e. The van der Waals surface area contributed by atoms with E-state index in [1.807, 2.05) is 6.92 Å². The molecule has 2 atom stereocenters. The Morgan fingerprint density at radius 3 is 2.60 bits per heavy atom. The van der Waals surface area contributed by atoms with E-state index in [4.69, 9.17) is 5.11 Å². The third-order valence-electron chi connectivity index (χ3n) is 2.77. The number of hydrogen-bond donors (Lipinski definition) is 2. The Morgan fingerprint density at radius 1 is 1.40 bits per heavy atom. The molecule has 5 heteroatoms. The van der Waals surface area contributed by atoms with Crippen molar-refractivity contribution >= 4 is 11.9 Å². The standard InChI is InChI=1S/C10H17NO4/c1-7-6-11(5-4-8(7)12)9(13)2-3-10(14)15/h7-8,12H,2-6H2,1H3,(H,14,15)/t7-,8-/m1/s1. The molecule has 0 aliphatic carbocycles. The van der Waals surface area contributed by atoms with Gasteiger partial charge in [-0.2, -0.15) is 0 Å². The van der Waals surface area contributed by atoms with Crippen LogP contribution in [0.1, 0.15) is 26.2 Å². The smallest absolute Gasteiger partial charge is 0.303 e. The number of likely N-dealkylation sites (tertiary alicyclic amines) is 1. The summed E-state index contributed by atoms with van der Waals surface area (Å²) in [6.07, 6.45) is 0.179. The van der Waals surface area contributed by atoms with Crippen molar-refractivity contribution in [1.82, 2.24) is 4.90 Å². The molecule has 0 saturated carbocycles. The minimum Gasteiger partial charge on any atom is -0.481 e. The first-order valence-corrected chi connectivity index (χ1v) is 5.18. The molecule has 2 N–H and O–H groups in total. The second-order valence-corrected chi connectivity index (χ2v) is 4.07. The highest BCUT2D eigenvalue weighted by molar-refractivity contribution is 5.80. The molecule has 86 valence electrons. The number of hydrogen-bond acceptors (Lipinski definition) is 3. The summed E-state index contributed by atoms with van der Waals surface area (Å²) < 4.78 is 0. The molecule has 5 nitrogen and oxygen atoms in total. The molecule has 0 aromatic heterocycles. The maximum atomic E-state index is 11.5. The lowest BCUT2D eigenvalue weighted by Gasteiger charge is -2.34. The molecule has 0 spiro atoms. The second-order valence-electron chi connectivity index (χ2n) is 4.07. The first kappa shape index (κ1) is 12.0. The van der Waals surface area contributed by atoms with Crippen LogP contribution in [0.3, 0.4) is 0 Å². The predicted molar refractivity (Wildman–Crippen MR) is 53.2 cm³/mol. The Bertz CT molecular complexity index is 254. The lowest BCUT2D eigenvalue weighted by Crippen LogP contribution is -2.45. The minimum atomic E-state index is -0.951. The first-order valence-electron chi connectivity index (χ1n) is 5.18. The number of aliphatic hydroxyl groups is 1. The quantitative estimate of drug-likeness (QED) is 0.699. The van der Waals surface area contributed by atoms with Crippen LogP contribution in [0.2, 0.25) is 0 Å². The van der Waals surface area contributed by atoms with Crippen LogP contribution in [0.5, 0.6) is 0 Å². The third-order valence-corrected chi connectivity index (χ3v) is 2.77. The van der Waals surface area contributed by atoms with Gasteiger partial charge in [-0.1, -0.05) is 6.92 Å². The summed E-state index contributed by atoms with van der Waals surface area (Å²) in [6, 6.07) is 0. The molecule has 0 bridgehead atoms. The molecule has 1 heterocycles. The van der Waals surface area contributed by atoms with E-state index in [1.165, 1.54) is 0 Å². The van der Waals surface area contributed by atoms with Gasteiger partial charge >= 0.3 is 5.97 Å². The Kier molecular flexibility index (Phi) is 4.08. The van der Waals surface area contributed by atoms with Gasteiger partial charge in [0.15, 0.2) is 0 Å². The minimum absolute atomic E-state index is 0.0537. The number of aliphatic carboxylic acids is 1. The summed E-state index contributed by atoms with van der Waals surface area (Å²) in [5.74, 6) is -1.00. The highest BCUT2D eigenvalue weighted by atomic mass is 16.4. The number of amides is 1. The number of carboxylic acids is 1. The van der Waals surface area contributed by atoms with E-state index < -0.39 is 5.97 Å². The Morgan fingerprint density at radius 2 is 2.07 bits per heavy atom. The van der Waals surface area contributed by atoms with Crippen LogP contribution < -0.4 is 0 Å². The van der Waals surface area contributed by atoms with Crippen molar-refractivity contribution in [3.8, 4) is 0 Å². The maximum absolute atomic E-state index is 11.5. The zero-order chi connectivity index (χ0) is 11.4. The number of piperidine rings is 1. The number of carbonyl (C=O) groups is 2. The zero-order valence-corrected chi connectivity index (χ0v) is 8.85. The van der Waals surface area contributed by atoms with Crippen molar-refractivity contribution in [1.29, 1.82) is 0 Å². The van der Waals surface area contributed by atoms with Gasteiger partial charge in [0.1, 0.15) is 0 Å². The van der Waals surface area contributed by atoms with Gasteiger partial charge in [-0.3, -0.25) is 9.59 Å². The predicted octanol–water partition coefficient (Wildman–Crippen LogP) is 0.0805. The summed E-state index contributed by atoms with van der Waals surface area (Å²) in [5.41, 5.74) is 0. The van der Waals surface area contributed by atoms with Crippen LogP contribution in [0.25, 0.3) is 0 Å². The number of nitrogens with zero attached hydrogens (tertiary/aromatic N) is 1. The highest BCUT2D eigenvalue weighted by Gasteiger charge is 2.26. The van der Waals surface area contributed by atoms with Gasteiger partial charge in [0.2, 0.25) is 5.91 Å². The van der Waals surface area contributed by atoms with Crippen molar-refractivity contribution < 1.29 is 19.8 Å². The molecule has 1 saturated heterocycles. The van der Waals surface area contributed by atoms with Crippen molar-refractivity contribution in [2.75, 3.05) is 13.1 Å². The Balaban J connectivity index is 2.37. The van der Waals surface area contributed by atoms with Crippen molar-refractivity contribution in [2.24, 2.45) is 5.92 Å². The lowest BCUT2D eigenvalue weighted by molar-refractivity contribution is -0.142. The molecule has 1 fully saturated rings. The molecule has 0 radical (unpaired) electrons. The Labute approximate surface area is 88.7 Å². The fourth-order valence-corrected chi connectivity index (χ4v) is 1.73. The highest BCUT2D eigenvalue weighted by Crippen LogP contribution is 2.17. The van der Waals surface area contributed by atoms with Crippen molar-refractivity contribution in [3.63, 3.8) is 0 Å². The number of rotatable bonds is 3.